The van der Waals surface area contributed by atoms with Gasteiger partial charge in [-0.05, 0) is 66.0 Å². The number of para-hydroxylation sites is 1. The molecule has 0 bridgehead atoms. The van der Waals surface area contributed by atoms with Crippen molar-refractivity contribution in [3.05, 3.63) is 58.3 Å². The van der Waals surface area contributed by atoms with Crippen molar-refractivity contribution in [1.29, 1.82) is 0 Å². The largest absolute Gasteiger partial charge is 0.480 e. The summed E-state index contributed by atoms with van der Waals surface area (Å²) in [6.45, 7) is -0.139. The van der Waals surface area contributed by atoms with Crippen LogP contribution in [-0.2, 0) is 4.79 Å². The molecule has 2 rings (SSSR count). The van der Waals surface area contributed by atoms with Gasteiger partial charge >= 0.3 is 0 Å². The number of Topliss-reactive ketones (excluding diaryl/α,β-unsaturated/α-hetero) is 1. The van der Waals surface area contributed by atoms with Crippen LogP contribution in [0.15, 0.2) is 41.1 Å². The maximum atomic E-state index is 13.7. The second kappa shape index (κ2) is 10.8. The third kappa shape index (κ3) is 6.07. The van der Waals surface area contributed by atoms with Gasteiger partial charge in [0, 0.05) is 6.20 Å². The second-order valence-electron chi connectivity index (χ2n) is 5.96. The number of rotatable bonds is 10. The van der Waals surface area contributed by atoms with E-state index in [4.69, 9.17) is 10.5 Å². The van der Waals surface area contributed by atoms with Gasteiger partial charge in [0.15, 0.2) is 23.2 Å². The van der Waals surface area contributed by atoms with Crippen LogP contribution in [0.1, 0.15) is 29.6 Å². The summed E-state index contributed by atoms with van der Waals surface area (Å²) in [7, 11) is 0. The zero-order chi connectivity index (χ0) is 20.5. The van der Waals surface area contributed by atoms with Crippen molar-refractivity contribution in [3.63, 3.8) is 0 Å². The molecule has 6 nitrogen and oxygen atoms in total. The Morgan fingerprint density at radius 2 is 1.89 bits per heavy atom. The normalized spacial score (nSPS) is 11.7. The summed E-state index contributed by atoms with van der Waals surface area (Å²) in [5.74, 6) is -3.44. The van der Waals surface area contributed by atoms with Gasteiger partial charge in [-0.3, -0.25) is 9.59 Å². The first-order valence-electron chi connectivity index (χ1n) is 8.65. The van der Waals surface area contributed by atoms with Crippen molar-refractivity contribution < 1.29 is 23.1 Å². The van der Waals surface area contributed by atoms with Crippen LogP contribution in [0.4, 0.5) is 8.78 Å². The summed E-state index contributed by atoms with van der Waals surface area (Å²) >= 11 is 3.18. The molecular formula is C19H20BrF2N3O3. The minimum Gasteiger partial charge on any atom is -0.480 e. The van der Waals surface area contributed by atoms with E-state index in [0.29, 0.717) is 30.4 Å². The van der Waals surface area contributed by atoms with Crippen LogP contribution in [-0.4, -0.2) is 35.9 Å². The van der Waals surface area contributed by atoms with Gasteiger partial charge in [-0.15, -0.1) is 0 Å². The summed E-state index contributed by atoms with van der Waals surface area (Å²) in [4.78, 5) is 29.0. The van der Waals surface area contributed by atoms with Crippen LogP contribution in [0.3, 0.4) is 0 Å². The van der Waals surface area contributed by atoms with Gasteiger partial charge in [-0.1, -0.05) is 6.07 Å². The van der Waals surface area contributed by atoms with Crippen molar-refractivity contribution in [2.45, 2.75) is 25.3 Å². The van der Waals surface area contributed by atoms with Crippen molar-refractivity contribution in [2.24, 2.45) is 5.73 Å². The average Bonchev–Trinajstić information content (AvgIpc) is 2.67. The van der Waals surface area contributed by atoms with Crippen LogP contribution in [0.2, 0.25) is 0 Å². The number of hydrogen-bond donors (Lipinski definition) is 2. The van der Waals surface area contributed by atoms with E-state index in [-0.39, 0.29) is 5.56 Å². The van der Waals surface area contributed by atoms with Crippen molar-refractivity contribution >= 4 is 27.6 Å². The molecular weight excluding hydrogens is 436 g/mol. The van der Waals surface area contributed by atoms with Crippen LogP contribution in [0.5, 0.6) is 5.75 Å². The summed E-state index contributed by atoms with van der Waals surface area (Å²) in [5.41, 5.74) is 5.74. The summed E-state index contributed by atoms with van der Waals surface area (Å²) in [6, 6.07) is 5.52. The maximum absolute atomic E-state index is 13.7. The van der Waals surface area contributed by atoms with Crippen LogP contribution >= 0.6 is 15.9 Å². The molecule has 0 aliphatic heterocycles. The molecule has 0 fully saturated rings. The van der Waals surface area contributed by atoms with Gasteiger partial charge in [0.2, 0.25) is 0 Å². The molecule has 0 saturated heterocycles. The number of ketones is 1. The molecule has 1 amide bonds. The van der Waals surface area contributed by atoms with E-state index in [0.717, 1.165) is 12.1 Å². The third-order valence-electron chi connectivity index (χ3n) is 3.92. The number of nitrogens with zero attached hydrogens (tertiary/aromatic N) is 1. The molecule has 1 aromatic heterocycles. The fourth-order valence-corrected chi connectivity index (χ4v) is 2.89. The average molecular weight is 456 g/mol. The van der Waals surface area contributed by atoms with Gasteiger partial charge < -0.3 is 15.8 Å². The molecule has 0 spiro atoms. The Kier molecular flexibility index (Phi) is 8.46. The standard InChI is InChI=1S/C19H20BrF2N3O3/c20-18-12(5-4-10-24-18)19(27)25-15(8-1-2-9-23)16(26)11-28-17-13(21)6-3-7-14(17)22/h3-7,10,15H,1-2,8-9,11,23H2,(H,25,27). The lowest BCUT2D eigenvalue weighted by atomic mass is 10.0. The number of carbonyl (C=O) groups is 2. The van der Waals surface area contributed by atoms with Crippen molar-refractivity contribution in [1.82, 2.24) is 10.3 Å². The third-order valence-corrected chi connectivity index (χ3v) is 4.55. The fraction of sp³-hybridized carbons (Fsp3) is 0.316. The van der Waals surface area contributed by atoms with Gasteiger partial charge in [-0.2, -0.15) is 0 Å². The van der Waals surface area contributed by atoms with Gasteiger partial charge in [-0.25, -0.2) is 13.8 Å². The fourth-order valence-electron chi connectivity index (χ4n) is 2.46. The van der Waals surface area contributed by atoms with Crippen LogP contribution in [0, 0.1) is 11.6 Å². The smallest absolute Gasteiger partial charge is 0.254 e. The molecule has 150 valence electrons. The highest BCUT2D eigenvalue weighted by atomic mass is 79.9. The molecule has 1 atom stereocenters. The number of unbranched alkanes of at least 4 members (excludes halogenated alkanes) is 1. The van der Waals surface area contributed by atoms with E-state index in [9.17, 15) is 18.4 Å². The predicted octanol–water partition coefficient (Wildman–Crippen LogP) is 3.00. The molecule has 0 aliphatic carbocycles. The van der Waals surface area contributed by atoms with E-state index < -0.39 is 41.7 Å². The molecule has 1 unspecified atom stereocenters. The quantitative estimate of drug-likeness (QED) is 0.424. The molecule has 2 aromatic rings. The van der Waals surface area contributed by atoms with Gasteiger partial charge in [0.05, 0.1) is 11.6 Å². The Hall–Kier alpha value is -2.39. The molecule has 1 aromatic carbocycles. The highest BCUT2D eigenvalue weighted by Crippen LogP contribution is 2.21. The zero-order valence-corrected chi connectivity index (χ0v) is 16.5. The first-order valence-corrected chi connectivity index (χ1v) is 9.44. The van der Waals surface area contributed by atoms with E-state index in [1.807, 2.05) is 0 Å². The Morgan fingerprint density at radius 3 is 2.54 bits per heavy atom. The number of nitrogens with one attached hydrogen (secondary N) is 1. The predicted molar refractivity (Wildman–Crippen MR) is 103 cm³/mol. The lowest BCUT2D eigenvalue weighted by molar-refractivity contribution is -0.123. The molecule has 0 saturated carbocycles. The van der Waals surface area contributed by atoms with Crippen LogP contribution in [0.25, 0.3) is 0 Å². The SMILES string of the molecule is NCCCCC(NC(=O)c1cccnc1Br)C(=O)COc1c(F)cccc1F. The number of amides is 1. The number of pyridine rings is 1. The van der Waals surface area contributed by atoms with E-state index in [2.05, 4.69) is 26.2 Å². The van der Waals surface area contributed by atoms with E-state index in [1.165, 1.54) is 12.3 Å². The number of benzene rings is 1. The lowest BCUT2D eigenvalue weighted by Gasteiger charge is -2.18. The minimum absolute atomic E-state index is 0.264. The first kappa shape index (κ1) is 21.9. The molecule has 0 aliphatic rings. The molecule has 3 N–H and O–H groups in total. The lowest BCUT2D eigenvalue weighted by Crippen LogP contribution is -2.43. The summed E-state index contributed by atoms with van der Waals surface area (Å²) in [6.07, 6.45) is 3.10. The number of halogens is 3. The highest BCUT2D eigenvalue weighted by Gasteiger charge is 2.23. The Bertz CT molecular complexity index is 816. The van der Waals surface area contributed by atoms with Crippen molar-refractivity contribution in [3.8, 4) is 5.75 Å². The summed E-state index contributed by atoms with van der Waals surface area (Å²) < 4.78 is 32.7. The number of hydrogen-bond acceptors (Lipinski definition) is 5. The van der Waals surface area contributed by atoms with Gasteiger partial charge in [0.1, 0.15) is 11.2 Å². The second-order valence-corrected chi connectivity index (χ2v) is 6.71. The Labute approximate surface area is 169 Å². The van der Waals surface area contributed by atoms with E-state index >= 15 is 0 Å². The molecule has 0 radical (unpaired) electrons. The molecule has 28 heavy (non-hydrogen) atoms. The Balaban J connectivity index is 2.07. The Morgan fingerprint density at radius 1 is 1.18 bits per heavy atom. The maximum Gasteiger partial charge on any atom is 0.254 e. The topological polar surface area (TPSA) is 94.3 Å². The van der Waals surface area contributed by atoms with Gasteiger partial charge in [0.25, 0.3) is 5.91 Å². The number of carbonyl (C=O) groups excluding carboxylic acids is 2. The van der Waals surface area contributed by atoms with Crippen LogP contribution < -0.4 is 15.8 Å². The molecule has 9 heteroatoms. The summed E-state index contributed by atoms with van der Waals surface area (Å²) in [5, 5.41) is 2.63. The molecule has 1 heterocycles. The number of ether oxygens (including phenoxy) is 1. The number of aromatic nitrogens is 1. The van der Waals surface area contributed by atoms with E-state index in [1.54, 1.807) is 12.1 Å². The monoisotopic (exact) mass is 455 g/mol. The zero-order valence-electron chi connectivity index (χ0n) is 15.0. The highest BCUT2D eigenvalue weighted by molar-refractivity contribution is 9.10. The van der Waals surface area contributed by atoms with Crippen molar-refractivity contribution in [2.75, 3.05) is 13.2 Å². The number of nitrogens with two attached hydrogens (primary N) is 1. The first-order chi connectivity index (χ1) is 13.4. The minimum atomic E-state index is -0.907.